The van der Waals surface area contributed by atoms with Gasteiger partial charge in [-0.1, -0.05) is 0 Å². The minimum atomic E-state index is -0.582. The molecule has 1 aromatic heterocycles. The maximum Gasteiger partial charge on any atom is 0.310 e. The number of nitrogens with zero attached hydrogens (tertiary/aromatic N) is 1. The summed E-state index contributed by atoms with van der Waals surface area (Å²) in [6, 6.07) is 2.80. The van der Waals surface area contributed by atoms with Gasteiger partial charge in [0.15, 0.2) is 0 Å². The average Bonchev–Trinajstić information content (AvgIpc) is 2.04. The molecule has 0 saturated carbocycles. The fourth-order valence-electron chi connectivity index (χ4n) is 0.931. The number of rotatable bonds is 3. The van der Waals surface area contributed by atoms with Crippen molar-refractivity contribution in [3.63, 3.8) is 0 Å². The van der Waals surface area contributed by atoms with Crippen LogP contribution in [-0.2, 0) is 16.0 Å². The smallest absolute Gasteiger partial charge is 0.310 e. The summed E-state index contributed by atoms with van der Waals surface area (Å²) in [6.07, 6.45) is 1.41. The Hall–Kier alpha value is -1.45. The Labute approximate surface area is 75.6 Å². The fraction of sp³-hybridized carbons (Fsp3) is 0.333. The first-order chi connectivity index (χ1) is 6.22. The van der Waals surface area contributed by atoms with Crippen molar-refractivity contribution >= 4 is 5.97 Å². The highest BCUT2D eigenvalue weighted by Gasteiger charge is 2.04. The van der Waals surface area contributed by atoms with Crippen LogP contribution in [0.25, 0.3) is 0 Å². The van der Waals surface area contributed by atoms with E-state index in [-0.39, 0.29) is 12.4 Å². The Balaban J connectivity index is 2.58. The van der Waals surface area contributed by atoms with Crippen LogP contribution in [0.1, 0.15) is 12.5 Å². The summed E-state index contributed by atoms with van der Waals surface area (Å²) in [4.78, 5) is 14.3. The average molecular weight is 183 g/mol. The van der Waals surface area contributed by atoms with E-state index in [1.807, 2.05) is 0 Å². The highest BCUT2D eigenvalue weighted by molar-refractivity contribution is 5.72. The first-order valence-electron chi connectivity index (χ1n) is 3.98. The van der Waals surface area contributed by atoms with Crippen molar-refractivity contribution in [3.05, 3.63) is 29.8 Å². The quantitative estimate of drug-likeness (QED) is 0.524. The second-order valence-corrected chi connectivity index (χ2v) is 2.47. The van der Waals surface area contributed by atoms with E-state index < -0.39 is 5.95 Å². The molecule has 0 saturated heterocycles. The van der Waals surface area contributed by atoms with E-state index in [9.17, 15) is 9.18 Å². The highest BCUT2D eigenvalue weighted by atomic mass is 19.1. The number of aromatic nitrogens is 1. The van der Waals surface area contributed by atoms with E-state index in [1.54, 1.807) is 13.0 Å². The molecule has 0 fully saturated rings. The van der Waals surface area contributed by atoms with Crippen LogP contribution in [0.4, 0.5) is 4.39 Å². The fourth-order valence-corrected chi connectivity index (χ4v) is 0.931. The molecular formula is C9H10FNO2. The van der Waals surface area contributed by atoms with Crippen molar-refractivity contribution in [2.75, 3.05) is 6.61 Å². The molecule has 0 amide bonds. The summed E-state index contributed by atoms with van der Waals surface area (Å²) in [5.74, 6) is -0.935. The standard InChI is InChI=1S/C9H10FNO2/c1-2-13-9(12)6-7-3-4-11-8(10)5-7/h3-5H,2,6H2,1H3. The Bertz CT molecular complexity index is 301. The van der Waals surface area contributed by atoms with Crippen LogP contribution in [0.2, 0.25) is 0 Å². The minimum Gasteiger partial charge on any atom is -0.466 e. The Morgan fingerprint density at radius 3 is 3.08 bits per heavy atom. The van der Waals surface area contributed by atoms with Crippen molar-refractivity contribution in [2.45, 2.75) is 13.3 Å². The van der Waals surface area contributed by atoms with Crippen LogP contribution in [0.15, 0.2) is 18.3 Å². The molecular weight excluding hydrogens is 173 g/mol. The Morgan fingerprint density at radius 2 is 2.46 bits per heavy atom. The van der Waals surface area contributed by atoms with E-state index in [4.69, 9.17) is 4.74 Å². The zero-order chi connectivity index (χ0) is 9.68. The lowest BCUT2D eigenvalue weighted by molar-refractivity contribution is -0.142. The largest absolute Gasteiger partial charge is 0.466 e. The third-order valence-electron chi connectivity index (χ3n) is 1.44. The number of pyridine rings is 1. The number of esters is 1. The number of hydrogen-bond acceptors (Lipinski definition) is 3. The third kappa shape index (κ3) is 3.19. The normalized spacial score (nSPS) is 9.69. The van der Waals surface area contributed by atoms with E-state index in [1.165, 1.54) is 12.3 Å². The van der Waals surface area contributed by atoms with Gasteiger partial charge in [0.05, 0.1) is 13.0 Å². The van der Waals surface area contributed by atoms with Crippen LogP contribution in [0, 0.1) is 5.95 Å². The van der Waals surface area contributed by atoms with Crippen molar-refractivity contribution < 1.29 is 13.9 Å². The van der Waals surface area contributed by atoms with Crippen LogP contribution < -0.4 is 0 Å². The summed E-state index contributed by atoms with van der Waals surface area (Å²) in [6.45, 7) is 2.07. The van der Waals surface area contributed by atoms with Gasteiger partial charge in [0.1, 0.15) is 0 Å². The predicted octanol–water partition coefficient (Wildman–Crippen LogP) is 1.33. The molecule has 1 rings (SSSR count). The molecule has 13 heavy (non-hydrogen) atoms. The third-order valence-corrected chi connectivity index (χ3v) is 1.44. The molecule has 0 bridgehead atoms. The van der Waals surface area contributed by atoms with Gasteiger partial charge in [-0.05, 0) is 24.6 Å². The molecule has 0 aromatic carbocycles. The van der Waals surface area contributed by atoms with Crippen LogP contribution in [-0.4, -0.2) is 17.6 Å². The molecule has 0 spiro atoms. The van der Waals surface area contributed by atoms with E-state index in [2.05, 4.69) is 4.98 Å². The molecule has 4 heteroatoms. The van der Waals surface area contributed by atoms with Gasteiger partial charge < -0.3 is 4.74 Å². The minimum absolute atomic E-state index is 0.0906. The Kier molecular flexibility index (Phi) is 3.37. The molecule has 0 atom stereocenters. The first kappa shape index (κ1) is 9.64. The molecule has 0 N–H and O–H groups in total. The number of carbonyl (C=O) groups is 1. The summed E-state index contributed by atoms with van der Waals surface area (Å²) in [7, 11) is 0. The van der Waals surface area contributed by atoms with Crippen LogP contribution in [0.3, 0.4) is 0 Å². The SMILES string of the molecule is CCOC(=O)Cc1ccnc(F)c1. The van der Waals surface area contributed by atoms with E-state index >= 15 is 0 Å². The van der Waals surface area contributed by atoms with Crippen LogP contribution in [0.5, 0.6) is 0 Å². The molecule has 0 aliphatic heterocycles. The first-order valence-corrected chi connectivity index (χ1v) is 3.98. The van der Waals surface area contributed by atoms with Crippen molar-refractivity contribution in [2.24, 2.45) is 0 Å². The van der Waals surface area contributed by atoms with Gasteiger partial charge in [-0.25, -0.2) is 4.98 Å². The summed E-state index contributed by atoms with van der Waals surface area (Å²) >= 11 is 0. The predicted molar refractivity (Wildman–Crippen MR) is 44.5 cm³/mol. The lowest BCUT2D eigenvalue weighted by atomic mass is 10.2. The summed E-state index contributed by atoms with van der Waals surface area (Å²) in [5.41, 5.74) is 0.575. The summed E-state index contributed by atoms with van der Waals surface area (Å²) < 4.78 is 17.2. The van der Waals surface area contributed by atoms with Gasteiger partial charge in [0, 0.05) is 6.20 Å². The topological polar surface area (TPSA) is 39.2 Å². The molecule has 0 aliphatic carbocycles. The van der Waals surface area contributed by atoms with Gasteiger partial charge >= 0.3 is 5.97 Å². The summed E-state index contributed by atoms with van der Waals surface area (Å²) in [5, 5.41) is 0. The molecule has 70 valence electrons. The van der Waals surface area contributed by atoms with Crippen molar-refractivity contribution in [3.8, 4) is 0 Å². The lowest BCUT2D eigenvalue weighted by Gasteiger charge is -2.00. The van der Waals surface area contributed by atoms with Gasteiger partial charge in [-0.3, -0.25) is 4.79 Å². The van der Waals surface area contributed by atoms with Gasteiger partial charge in [-0.15, -0.1) is 0 Å². The molecule has 0 unspecified atom stereocenters. The lowest BCUT2D eigenvalue weighted by Crippen LogP contribution is -2.07. The van der Waals surface area contributed by atoms with E-state index in [0.717, 1.165) is 0 Å². The number of hydrogen-bond donors (Lipinski definition) is 0. The number of carbonyl (C=O) groups excluding carboxylic acids is 1. The van der Waals surface area contributed by atoms with Crippen molar-refractivity contribution in [1.29, 1.82) is 0 Å². The maximum absolute atomic E-state index is 12.5. The van der Waals surface area contributed by atoms with E-state index in [0.29, 0.717) is 12.2 Å². The molecule has 0 aliphatic rings. The zero-order valence-corrected chi connectivity index (χ0v) is 7.29. The van der Waals surface area contributed by atoms with Gasteiger partial charge in [0.2, 0.25) is 5.95 Å². The molecule has 1 aromatic rings. The van der Waals surface area contributed by atoms with Gasteiger partial charge in [0.25, 0.3) is 0 Å². The zero-order valence-electron chi connectivity index (χ0n) is 7.29. The van der Waals surface area contributed by atoms with Crippen molar-refractivity contribution in [1.82, 2.24) is 4.98 Å². The van der Waals surface area contributed by atoms with Gasteiger partial charge in [-0.2, -0.15) is 4.39 Å². The second kappa shape index (κ2) is 4.54. The Morgan fingerprint density at radius 1 is 1.69 bits per heavy atom. The second-order valence-electron chi connectivity index (χ2n) is 2.47. The molecule has 0 radical (unpaired) electrons. The maximum atomic E-state index is 12.5. The molecule has 3 nitrogen and oxygen atoms in total. The number of ether oxygens (including phenoxy) is 1. The highest BCUT2D eigenvalue weighted by Crippen LogP contribution is 2.02. The molecule has 1 heterocycles. The number of halogens is 1. The monoisotopic (exact) mass is 183 g/mol. The van der Waals surface area contributed by atoms with Crippen LogP contribution >= 0.6 is 0 Å².